The largest absolute Gasteiger partial charge is 0.497 e. The number of halogens is 3. The van der Waals surface area contributed by atoms with Gasteiger partial charge in [-0.3, -0.25) is 9.78 Å². The Bertz CT molecular complexity index is 800. The molecule has 2 N–H and O–H groups in total. The molecular formula is C17H18F3N3O2. The van der Waals surface area contributed by atoms with E-state index in [4.69, 9.17) is 10.5 Å². The van der Waals surface area contributed by atoms with E-state index in [1.165, 1.54) is 13.3 Å². The average Bonchev–Trinajstić information content (AvgIpc) is 2.59. The highest BCUT2D eigenvalue weighted by Gasteiger charge is 2.41. The Morgan fingerprint density at radius 2 is 1.96 bits per heavy atom. The van der Waals surface area contributed by atoms with E-state index in [9.17, 15) is 18.0 Å². The van der Waals surface area contributed by atoms with E-state index < -0.39 is 18.0 Å². The highest BCUT2D eigenvalue weighted by atomic mass is 19.4. The second kappa shape index (κ2) is 6.42. The van der Waals surface area contributed by atoms with Gasteiger partial charge in [-0.25, -0.2) is 0 Å². The van der Waals surface area contributed by atoms with Crippen LogP contribution < -0.4 is 15.4 Å². The molecule has 2 heterocycles. The predicted molar refractivity (Wildman–Crippen MR) is 87.8 cm³/mol. The van der Waals surface area contributed by atoms with Crippen LogP contribution in [0.5, 0.6) is 5.75 Å². The van der Waals surface area contributed by atoms with Gasteiger partial charge in [0.15, 0.2) is 0 Å². The number of alkyl halides is 3. The van der Waals surface area contributed by atoms with Gasteiger partial charge in [-0.2, -0.15) is 13.2 Å². The number of nitrogens with two attached hydrogens (primary N) is 1. The number of nitrogens with zero attached hydrogens (tertiary/aromatic N) is 2. The Morgan fingerprint density at radius 1 is 1.28 bits per heavy atom. The van der Waals surface area contributed by atoms with Crippen LogP contribution in [0.3, 0.4) is 0 Å². The second-order valence-corrected chi connectivity index (χ2v) is 6.11. The molecule has 0 atom stereocenters. The molecule has 1 aliphatic heterocycles. The van der Waals surface area contributed by atoms with Gasteiger partial charge in [0.2, 0.25) is 5.91 Å². The van der Waals surface area contributed by atoms with Gasteiger partial charge in [0.25, 0.3) is 0 Å². The summed E-state index contributed by atoms with van der Waals surface area (Å²) in [7, 11) is 1.51. The molecule has 3 rings (SSSR count). The molecule has 0 aliphatic carbocycles. The molecule has 134 valence electrons. The fourth-order valence-corrected chi connectivity index (χ4v) is 3.15. The highest BCUT2D eigenvalue weighted by Crippen LogP contribution is 2.38. The van der Waals surface area contributed by atoms with Gasteiger partial charge in [0.05, 0.1) is 29.8 Å². The number of amides is 1. The van der Waals surface area contributed by atoms with Crippen LogP contribution in [0.4, 0.5) is 18.9 Å². The van der Waals surface area contributed by atoms with Gasteiger partial charge >= 0.3 is 6.18 Å². The molecule has 2 aromatic rings. The molecule has 1 aliphatic rings. The lowest BCUT2D eigenvalue weighted by Crippen LogP contribution is -2.39. The number of methoxy groups -OCH3 is 1. The monoisotopic (exact) mass is 353 g/mol. The number of aromatic nitrogens is 1. The van der Waals surface area contributed by atoms with Crippen molar-refractivity contribution in [3.8, 4) is 5.75 Å². The van der Waals surface area contributed by atoms with Crippen LogP contribution in [0, 0.1) is 5.92 Å². The first kappa shape index (κ1) is 17.3. The zero-order valence-electron chi connectivity index (χ0n) is 13.6. The number of hydrogen-bond acceptors (Lipinski definition) is 4. The van der Waals surface area contributed by atoms with Crippen LogP contribution >= 0.6 is 0 Å². The van der Waals surface area contributed by atoms with Crippen LogP contribution in [-0.2, 0) is 0 Å². The van der Waals surface area contributed by atoms with Gasteiger partial charge < -0.3 is 15.4 Å². The molecule has 1 amide bonds. The fourth-order valence-electron chi connectivity index (χ4n) is 3.15. The topological polar surface area (TPSA) is 68.4 Å². The van der Waals surface area contributed by atoms with Crippen molar-refractivity contribution in [3.63, 3.8) is 0 Å². The maximum absolute atomic E-state index is 12.9. The lowest BCUT2D eigenvalue weighted by molar-refractivity contribution is -0.179. The second-order valence-electron chi connectivity index (χ2n) is 6.11. The Morgan fingerprint density at radius 3 is 2.52 bits per heavy atom. The molecule has 0 bridgehead atoms. The molecule has 1 saturated heterocycles. The molecule has 0 spiro atoms. The highest BCUT2D eigenvalue weighted by molar-refractivity contribution is 5.99. The van der Waals surface area contributed by atoms with Crippen molar-refractivity contribution in [2.75, 3.05) is 25.1 Å². The number of ether oxygens (including phenoxy) is 1. The third kappa shape index (κ3) is 3.47. The molecule has 1 aromatic carbocycles. The van der Waals surface area contributed by atoms with Gasteiger partial charge in [-0.05, 0) is 25.0 Å². The number of primary amides is 1. The number of hydrogen-bond donors (Lipinski definition) is 1. The minimum atomic E-state index is -4.16. The SMILES string of the molecule is COc1cc(N2CCC(C(F)(F)F)CC2)c2ncc(C(N)=O)cc2c1. The van der Waals surface area contributed by atoms with E-state index in [1.54, 1.807) is 18.2 Å². The summed E-state index contributed by atoms with van der Waals surface area (Å²) < 4.78 is 43.9. The summed E-state index contributed by atoms with van der Waals surface area (Å²) in [6, 6.07) is 5.09. The first-order valence-electron chi connectivity index (χ1n) is 7.89. The maximum Gasteiger partial charge on any atom is 0.391 e. The van der Waals surface area contributed by atoms with E-state index >= 15 is 0 Å². The molecule has 1 aromatic heterocycles. The smallest absolute Gasteiger partial charge is 0.391 e. The normalized spacial score (nSPS) is 16.2. The summed E-state index contributed by atoms with van der Waals surface area (Å²) in [5.41, 5.74) is 6.86. The number of carbonyl (C=O) groups excluding carboxylic acids is 1. The van der Waals surface area contributed by atoms with Crippen LogP contribution in [0.15, 0.2) is 24.4 Å². The van der Waals surface area contributed by atoms with Crippen molar-refractivity contribution < 1.29 is 22.7 Å². The summed E-state index contributed by atoms with van der Waals surface area (Å²) in [6.07, 6.45) is -2.69. The Labute approximate surface area is 142 Å². The van der Waals surface area contributed by atoms with Crippen molar-refractivity contribution in [3.05, 3.63) is 30.0 Å². The zero-order valence-corrected chi connectivity index (χ0v) is 13.6. The quantitative estimate of drug-likeness (QED) is 0.921. The Hall–Kier alpha value is -2.51. The van der Waals surface area contributed by atoms with Gasteiger partial charge in [0, 0.05) is 30.7 Å². The van der Waals surface area contributed by atoms with Gasteiger partial charge in [0.1, 0.15) is 5.75 Å². The van der Waals surface area contributed by atoms with Crippen LogP contribution in [-0.4, -0.2) is 37.3 Å². The van der Waals surface area contributed by atoms with E-state index in [0.29, 0.717) is 22.3 Å². The first-order valence-corrected chi connectivity index (χ1v) is 7.89. The van der Waals surface area contributed by atoms with E-state index in [0.717, 1.165) is 0 Å². The molecule has 8 heteroatoms. The summed E-state index contributed by atoms with van der Waals surface area (Å²) in [4.78, 5) is 17.5. The van der Waals surface area contributed by atoms with E-state index in [2.05, 4.69) is 4.98 Å². The molecular weight excluding hydrogens is 335 g/mol. The average molecular weight is 353 g/mol. The molecule has 1 fully saturated rings. The number of rotatable bonds is 3. The van der Waals surface area contributed by atoms with Crippen molar-refractivity contribution in [2.45, 2.75) is 19.0 Å². The number of pyridine rings is 1. The minimum absolute atomic E-state index is 0.0432. The number of anilines is 1. The zero-order chi connectivity index (χ0) is 18.2. The van der Waals surface area contributed by atoms with Crippen molar-refractivity contribution in [1.82, 2.24) is 4.98 Å². The third-order valence-corrected chi connectivity index (χ3v) is 4.56. The summed E-state index contributed by atoms with van der Waals surface area (Å²) in [5, 5.41) is 0.656. The van der Waals surface area contributed by atoms with Crippen LogP contribution in [0.1, 0.15) is 23.2 Å². The fraction of sp³-hybridized carbons (Fsp3) is 0.412. The molecule has 25 heavy (non-hydrogen) atoms. The van der Waals surface area contributed by atoms with Crippen molar-refractivity contribution >= 4 is 22.5 Å². The van der Waals surface area contributed by atoms with Crippen molar-refractivity contribution in [1.29, 1.82) is 0 Å². The van der Waals surface area contributed by atoms with E-state index in [1.807, 2.05) is 4.90 Å². The molecule has 5 nitrogen and oxygen atoms in total. The first-order chi connectivity index (χ1) is 11.8. The number of carbonyl (C=O) groups is 1. The predicted octanol–water partition coefficient (Wildman–Crippen LogP) is 3.12. The van der Waals surface area contributed by atoms with E-state index in [-0.39, 0.29) is 31.5 Å². The maximum atomic E-state index is 12.9. The minimum Gasteiger partial charge on any atom is -0.497 e. The summed E-state index contributed by atoms with van der Waals surface area (Å²) in [5.74, 6) is -1.32. The van der Waals surface area contributed by atoms with Gasteiger partial charge in [-0.15, -0.1) is 0 Å². The molecule has 0 saturated carbocycles. The van der Waals surface area contributed by atoms with Crippen LogP contribution in [0.2, 0.25) is 0 Å². The van der Waals surface area contributed by atoms with Crippen molar-refractivity contribution in [2.24, 2.45) is 11.7 Å². The standard InChI is InChI=1S/C17H18F3N3O2/c1-25-13-7-10-6-11(16(21)24)9-22-15(10)14(8-13)23-4-2-12(3-5-23)17(18,19)20/h6-9,12H,2-5H2,1H3,(H2,21,24). The number of piperidine rings is 1. The summed E-state index contributed by atoms with van der Waals surface area (Å²) >= 11 is 0. The number of benzene rings is 1. The Balaban J connectivity index is 1.97. The number of fused-ring (bicyclic) bond motifs is 1. The van der Waals surface area contributed by atoms with Crippen LogP contribution in [0.25, 0.3) is 10.9 Å². The lowest BCUT2D eigenvalue weighted by atomic mass is 9.95. The molecule has 0 unspecified atom stereocenters. The third-order valence-electron chi connectivity index (χ3n) is 4.56. The molecule has 0 radical (unpaired) electrons. The summed E-state index contributed by atoms with van der Waals surface area (Å²) in [6.45, 7) is 0.567. The van der Waals surface area contributed by atoms with Gasteiger partial charge in [-0.1, -0.05) is 0 Å². The Kier molecular flexibility index (Phi) is 4.45. The lowest BCUT2D eigenvalue weighted by Gasteiger charge is -2.34.